The van der Waals surface area contributed by atoms with Crippen LogP contribution in [0, 0.1) is 0 Å². The maximum atomic E-state index is 11.9. The average molecular weight is 289 g/mol. The van der Waals surface area contributed by atoms with Crippen LogP contribution in [-0.2, 0) is 11.2 Å². The van der Waals surface area contributed by atoms with Crippen LogP contribution >= 0.6 is 0 Å². The second-order valence-corrected chi connectivity index (χ2v) is 5.17. The van der Waals surface area contributed by atoms with Gasteiger partial charge in [0.15, 0.2) is 0 Å². The second-order valence-electron chi connectivity index (χ2n) is 5.17. The van der Waals surface area contributed by atoms with Crippen LogP contribution in [0.2, 0.25) is 0 Å². The Morgan fingerprint density at radius 1 is 1.29 bits per heavy atom. The number of hydrogen-bond donors (Lipinski definition) is 1. The van der Waals surface area contributed by atoms with E-state index in [9.17, 15) is 4.79 Å². The number of likely N-dealkylation sites (tertiary alicyclic amines) is 1. The van der Waals surface area contributed by atoms with Gasteiger partial charge in [0, 0.05) is 31.6 Å². The molecule has 1 saturated heterocycles. The van der Waals surface area contributed by atoms with Gasteiger partial charge in [-0.25, -0.2) is 5.43 Å². The van der Waals surface area contributed by atoms with Crippen molar-refractivity contribution >= 4 is 11.6 Å². The van der Waals surface area contributed by atoms with Crippen molar-refractivity contribution < 1.29 is 9.53 Å². The van der Waals surface area contributed by atoms with Gasteiger partial charge in [-0.3, -0.25) is 4.79 Å². The van der Waals surface area contributed by atoms with E-state index in [4.69, 9.17) is 4.74 Å². The number of hydrogen-bond acceptors (Lipinski definition) is 4. The number of carbonyl (C=O) groups excluding carboxylic acids is 1. The molecule has 5 nitrogen and oxygen atoms in total. The Kier molecular flexibility index (Phi) is 5.75. The number of amides is 1. The van der Waals surface area contributed by atoms with Crippen molar-refractivity contribution in [3.8, 4) is 5.75 Å². The molecule has 0 unspecified atom stereocenters. The number of rotatable bonds is 5. The first-order valence-corrected chi connectivity index (χ1v) is 7.41. The van der Waals surface area contributed by atoms with Crippen LogP contribution in [0.15, 0.2) is 29.4 Å². The molecule has 0 aliphatic carbocycles. The highest BCUT2D eigenvalue weighted by atomic mass is 16.5. The van der Waals surface area contributed by atoms with Crippen LogP contribution in [0.3, 0.4) is 0 Å². The Morgan fingerprint density at radius 3 is 2.52 bits per heavy atom. The lowest BCUT2D eigenvalue weighted by molar-refractivity contribution is -0.120. The highest BCUT2D eigenvalue weighted by molar-refractivity contribution is 5.87. The van der Waals surface area contributed by atoms with Crippen LogP contribution in [0.1, 0.15) is 25.3 Å². The molecule has 1 aliphatic rings. The molecule has 5 heteroatoms. The molecule has 0 spiro atoms. The van der Waals surface area contributed by atoms with Gasteiger partial charge >= 0.3 is 0 Å². The van der Waals surface area contributed by atoms with Crippen molar-refractivity contribution in [2.75, 3.05) is 26.7 Å². The Labute approximate surface area is 126 Å². The third-order valence-electron chi connectivity index (χ3n) is 3.74. The number of methoxy groups -OCH3 is 1. The summed E-state index contributed by atoms with van der Waals surface area (Å²) in [5.41, 5.74) is 4.70. The fourth-order valence-electron chi connectivity index (χ4n) is 2.35. The Morgan fingerprint density at radius 2 is 1.95 bits per heavy atom. The molecule has 0 radical (unpaired) electrons. The molecule has 0 saturated carbocycles. The quantitative estimate of drug-likeness (QED) is 0.841. The van der Waals surface area contributed by atoms with Crippen LogP contribution < -0.4 is 10.2 Å². The zero-order valence-electron chi connectivity index (χ0n) is 12.8. The van der Waals surface area contributed by atoms with Crippen molar-refractivity contribution in [2.24, 2.45) is 5.10 Å². The lowest BCUT2D eigenvalue weighted by atomic mass is 10.1. The molecular formula is C16H23N3O2. The van der Waals surface area contributed by atoms with Crippen LogP contribution in [0.4, 0.5) is 0 Å². The first kappa shape index (κ1) is 15.5. The number of nitrogens with one attached hydrogen (secondary N) is 1. The lowest BCUT2D eigenvalue weighted by Crippen LogP contribution is -2.34. The largest absolute Gasteiger partial charge is 0.497 e. The summed E-state index contributed by atoms with van der Waals surface area (Å²) in [5.74, 6) is 0.715. The van der Waals surface area contributed by atoms with Gasteiger partial charge < -0.3 is 9.64 Å². The van der Waals surface area contributed by atoms with Gasteiger partial charge in [0.25, 0.3) is 0 Å². The monoisotopic (exact) mass is 289 g/mol. The van der Waals surface area contributed by atoms with Crippen molar-refractivity contribution in [1.29, 1.82) is 0 Å². The molecule has 1 aromatic rings. The molecule has 0 atom stereocenters. The van der Waals surface area contributed by atoms with E-state index in [1.165, 1.54) is 0 Å². The minimum atomic E-state index is -0.0782. The molecule has 1 aliphatic heterocycles. The highest BCUT2D eigenvalue weighted by Gasteiger charge is 2.13. The van der Waals surface area contributed by atoms with E-state index in [0.717, 1.165) is 49.5 Å². The highest BCUT2D eigenvalue weighted by Crippen LogP contribution is 2.11. The van der Waals surface area contributed by atoms with E-state index in [1.807, 2.05) is 24.3 Å². The third kappa shape index (κ3) is 4.86. The first-order valence-electron chi connectivity index (χ1n) is 7.41. The molecule has 2 rings (SSSR count). The van der Waals surface area contributed by atoms with Crippen LogP contribution in [-0.4, -0.2) is 43.3 Å². The summed E-state index contributed by atoms with van der Waals surface area (Å²) < 4.78 is 5.09. The molecule has 1 amide bonds. The first-order chi connectivity index (χ1) is 10.2. The van der Waals surface area contributed by atoms with E-state index < -0.39 is 0 Å². The van der Waals surface area contributed by atoms with E-state index in [0.29, 0.717) is 6.42 Å². The number of hydrazone groups is 1. The zero-order valence-corrected chi connectivity index (χ0v) is 12.8. The van der Waals surface area contributed by atoms with Gasteiger partial charge in [-0.2, -0.15) is 5.10 Å². The smallest absolute Gasteiger partial charge is 0.244 e. The maximum Gasteiger partial charge on any atom is 0.244 e. The van der Waals surface area contributed by atoms with Crippen molar-refractivity contribution in [3.05, 3.63) is 29.8 Å². The minimum absolute atomic E-state index is 0.0782. The third-order valence-corrected chi connectivity index (χ3v) is 3.74. The number of benzene rings is 1. The summed E-state index contributed by atoms with van der Waals surface area (Å²) in [7, 11) is 1.63. The van der Waals surface area contributed by atoms with Gasteiger partial charge in [-0.15, -0.1) is 0 Å². The molecule has 114 valence electrons. The summed E-state index contributed by atoms with van der Waals surface area (Å²) in [5, 5.41) is 4.25. The van der Waals surface area contributed by atoms with Crippen LogP contribution in [0.5, 0.6) is 5.75 Å². The van der Waals surface area contributed by atoms with E-state index in [-0.39, 0.29) is 5.91 Å². The Balaban J connectivity index is 1.79. The molecular weight excluding hydrogens is 266 g/mol. The number of carbonyl (C=O) groups is 1. The summed E-state index contributed by atoms with van der Waals surface area (Å²) in [4.78, 5) is 14.3. The normalized spacial score (nSPS) is 15.6. The van der Waals surface area contributed by atoms with Gasteiger partial charge in [-0.05, 0) is 24.2 Å². The lowest BCUT2D eigenvalue weighted by Gasteiger charge is -2.25. The van der Waals surface area contributed by atoms with Crippen LogP contribution in [0.25, 0.3) is 0 Å². The maximum absolute atomic E-state index is 11.9. The number of piperidine rings is 1. The number of ether oxygens (including phenoxy) is 1. The van der Waals surface area contributed by atoms with Gasteiger partial charge in [0.1, 0.15) is 5.75 Å². The van der Waals surface area contributed by atoms with E-state index >= 15 is 0 Å². The summed E-state index contributed by atoms with van der Waals surface area (Å²) in [6, 6.07) is 7.50. The molecule has 1 aromatic carbocycles. The summed E-state index contributed by atoms with van der Waals surface area (Å²) in [6.45, 7) is 5.31. The molecule has 1 heterocycles. The number of nitrogens with zero attached hydrogens (tertiary/aromatic N) is 2. The predicted octanol–water partition coefficient (Wildman–Crippen LogP) is 1.83. The Hall–Kier alpha value is -1.88. The Bertz CT molecular complexity index is 487. The molecule has 21 heavy (non-hydrogen) atoms. The van der Waals surface area contributed by atoms with E-state index in [1.54, 1.807) is 7.11 Å². The van der Waals surface area contributed by atoms with Gasteiger partial charge in [0.05, 0.1) is 13.5 Å². The second kappa shape index (κ2) is 7.78. The molecule has 1 fully saturated rings. The standard InChI is InChI=1S/C16H23N3O2/c1-3-19-10-8-14(9-11-19)17-18-16(20)12-13-4-6-15(21-2)7-5-13/h4-7H,3,8-12H2,1-2H3,(H,18,20). The summed E-state index contributed by atoms with van der Waals surface area (Å²) >= 11 is 0. The van der Waals surface area contributed by atoms with Crippen molar-refractivity contribution in [1.82, 2.24) is 10.3 Å². The predicted molar refractivity (Wildman–Crippen MR) is 83.6 cm³/mol. The fraction of sp³-hybridized carbons (Fsp3) is 0.500. The molecule has 0 bridgehead atoms. The minimum Gasteiger partial charge on any atom is -0.497 e. The van der Waals surface area contributed by atoms with E-state index in [2.05, 4.69) is 22.4 Å². The van der Waals surface area contributed by atoms with Crippen molar-refractivity contribution in [3.63, 3.8) is 0 Å². The zero-order chi connectivity index (χ0) is 15.1. The molecule has 0 aromatic heterocycles. The topological polar surface area (TPSA) is 53.9 Å². The SMILES string of the molecule is CCN1CCC(=NNC(=O)Cc2ccc(OC)cc2)CC1. The summed E-state index contributed by atoms with van der Waals surface area (Å²) in [6.07, 6.45) is 2.22. The average Bonchev–Trinajstić information content (AvgIpc) is 2.54. The van der Waals surface area contributed by atoms with Gasteiger partial charge in [0.2, 0.25) is 5.91 Å². The fourth-order valence-corrected chi connectivity index (χ4v) is 2.35. The molecule has 1 N–H and O–H groups in total. The van der Waals surface area contributed by atoms with Crippen molar-refractivity contribution in [2.45, 2.75) is 26.2 Å². The van der Waals surface area contributed by atoms with Gasteiger partial charge in [-0.1, -0.05) is 19.1 Å².